The van der Waals surface area contributed by atoms with Gasteiger partial charge in [-0.05, 0) is 42.3 Å². The fourth-order valence-electron chi connectivity index (χ4n) is 5.82. The summed E-state index contributed by atoms with van der Waals surface area (Å²) in [7, 11) is 0. The van der Waals surface area contributed by atoms with E-state index in [1.54, 1.807) is 29.2 Å². The van der Waals surface area contributed by atoms with Crippen LogP contribution in [0.2, 0.25) is 0 Å². The lowest BCUT2D eigenvalue weighted by Gasteiger charge is -2.43. The van der Waals surface area contributed by atoms with Gasteiger partial charge < -0.3 is 25.2 Å². The number of carbonyl (C=O) groups is 1. The molecule has 8 nitrogen and oxygen atoms in total. The van der Waals surface area contributed by atoms with Gasteiger partial charge in [0.05, 0.1) is 23.4 Å². The van der Waals surface area contributed by atoms with Crippen molar-refractivity contribution in [2.45, 2.75) is 44.9 Å². The maximum Gasteiger partial charge on any atom is 0.416 e. The summed E-state index contributed by atoms with van der Waals surface area (Å²) in [6.45, 7) is 5.56. The number of carbonyl (C=O) groups excluding carboxylic acids is 1. The number of benzene rings is 2. The molecule has 2 aromatic carbocycles. The largest absolute Gasteiger partial charge is 0.628 e. The van der Waals surface area contributed by atoms with E-state index in [-0.39, 0.29) is 42.3 Å². The molecule has 238 valence electrons. The highest BCUT2D eigenvalue weighted by Gasteiger charge is 2.40. The third-order valence-corrected chi connectivity index (χ3v) is 8.17. The van der Waals surface area contributed by atoms with Crippen LogP contribution in [0.25, 0.3) is 5.70 Å². The molecule has 1 fully saturated rings. The van der Waals surface area contributed by atoms with E-state index >= 15 is 0 Å². The number of hydrogen-bond acceptors (Lipinski definition) is 6. The fourth-order valence-corrected chi connectivity index (χ4v) is 5.82. The smallest absolute Gasteiger partial charge is 0.416 e. The number of hydrogen-bond donors (Lipinski definition) is 3. The molecule has 1 amide bonds. The number of alkyl halides is 6. The quantitative estimate of drug-likeness (QED) is 0.358. The van der Waals surface area contributed by atoms with Gasteiger partial charge in [-0.15, -0.1) is 0 Å². The van der Waals surface area contributed by atoms with E-state index in [1.807, 2.05) is 17.9 Å². The van der Waals surface area contributed by atoms with Crippen molar-refractivity contribution in [1.82, 2.24) is 20.4 Å². The SMILES string of the molecule is CC(=O)N1CCN(C2/C=C(/c3ccccc3C)[NH+]([O-])C(Cc3cc(C(F)(F)F)cc(C(F)(F)F)c3)C3=C(NCNC3)O2)CC1. The van der Waals surface area contributed by atoms with Crippen molar-refractivity contribution in [3.8, 4) is 0 Å². The molecule has 3 aliphatic rings. The van der Waals surface area contributed by atoms with Gasteiger partial charge >= 0.3 is 12.4 Å². The van der Waals surface area contributed by atoms with Crippen molar-refractivity contribution < 1.29 is 40.9 Å². The predicted molar refractivity (Wildman–Crippen MR) is 149 cm³/mol. The highest BCUT2D eigenvalue weighted by Crippen LogP contribution is 2.37. The third-order valence-electron chi connectivity index (χ3n) is 8.17. The maximum absolute atomic E-state index is 14.5. The Balaban J connectivity index is 1.60. The zero-order chi connectivity index (χ0) is 31.8. The second-order valence-electron chi connectivity index (χ2n) is 11.1. The summed E-state index contributed by atoms with van der Waals surface area (Å²) in [5.74, 6) is 0.204. The van der Waals surface area contributed by atoms with Crippen LogP contribution < -0.4 is 15.7 Å². The third kappa shape index (κ3) is 6.88. The Morgan fingerprint density at radius 3 is 2.25 bits per heavy atom. The van der Waals surface area contributed by atoms with Gasteiger partial charge in [0.1, 0.15) is 11.7 Å². The molecule has 5 rings (SSSR count). The molecule has 2 aromatic rings. The predicted octanol–water partition coefficient (Wildman–Crippen LogP) is 3.25. The molecule has 0 radical (unpaired) electrons. The van der Waals surface area contributed by atoms with E-state index in [1.165, 1.54) is 6.92 Å². The van der Waals surface area contributed by atoms with Crippen LogP contribution in [0.4, 0.5) is 26.3 Å². The average molecular weight is 626 g/mol. The van der Waals surface area contributed by atoms with E-state index in [9.17, 15) is 36.3 Å². The minimum absolute atomic E-state index is 0.0503. The van der Waals surface area contributed by atoms with Crippen LogP contribution >= 0.6 is 0 Å². The van der Waals surface area contributed by atoms with Crippen molar-refractivity contribution in [3.63, 3.8) is 0 Å². The lowest BCUT2D eigenvalue weighted by Crippen LogP contribution is -3.09. The summed E-state index contributed by atoms with van der Waals surface area (Å²) in [6, 6.07) is 7.41. The monoisotopic (exact) mass is 625 g/mol. The minimum Gasteiger partial charge on any atom is -0.628 e. The van der Waals surface area contributed by atoms with Crippen LogP contribution in [0.5, 0.6) is 0 Å². The molecule has 3 atom stereocenters. The summed E-state index contributed by atoms with van der Waals surface area (Å²) in [4.78, 5) is 15.6. The lowest BCUT2D eigenvalue weighted by atomic mass is 9.93. The summed E-state index contributed by atoms with van der Waals surface area (Å²) in [5, 5.41) is 20.2. The number of nitrogens with one attached hydrogen (secondary N) is 3. The lowest BCUT2D eigenvalue weighted by molar-refractivity contribution is -0.793. The zero-order valence-electron chi connectivity index (χ0n) is 24.1. The molecule has 0 saturated carbocycles. The van der Waals surface area contributed by atoms with E-state index in [4.69, 9.17) is 4.74 Å². The first kappa shape index (κ1) is 31.8. The van der Waals surface area contributed by atoms with Crippen LogP contribution in [-0.2, 0) is 28.3 Å². The number of halogens is 6. The molecule has 0 bridgehead atoms. The summed E-state index contributed by atoms with van der Waals surface area (Å²) < 4.78 is 88.5. The average Bonchev–Trinajstić information content (AvgIpc) is 2.97. The molecule has 0 aromatic heterocycles. The van der Waals surface area contributed by atoms with Crippen LogP contribution in [0.1, 0.15) is 34.7 Å². The van der Waals surface area contributed by atoms with E-state index in [0.29, 0.717) is 49.4 Å². The molecule has 1 saturated heterocycles. The van der Waals surface area contributed by atoms with Crippen LogP contribution in [0.3, 0.4) is 0 Å². The number of rotatable bonds is 4. The van der Waals surface area contributed by atoms with E-state index in [0.717, 1.165) is 5.56 Å². The number of ether oxygens (including phenoxy) is 1. The van der Waals surface area contributed by atoms with Gasteiger partial charge in [-0.2, -0.15) is 26.3 Å². The molecule has 3 aliphatic heterocycles. The molecule has 0 aliphatic carbocycles. The van der Waals surface area contributed by atoms with Crippen LogP contribution in [-0.4, -0.2) is 67.4 Å². The fraction of sp³-hybridized carbons (Fsp3) is 0.433. The van der Waals surface area contributed by atoms with Crippen molar-refractivity contribution in [2.75, 3.05) is 39.4 Å². The van der Waals surface area contributed by atoms with Gasteiger partial charge in [0.15, 0.2) is 12.1 Å². The molecule has 0 spiro atoms. The highest BCUT2D eigenvalue weighted by molar-refractivity contribution is 5.73. The van der Waals surface area contributed by atoms with Gasteiger partial charge in [0.25, 0.3) is 0 Å². The van der Waals surface area contributed by atoms with Gasteiger partial charge in [-0.3, -0.25) is 15.0 Å². The van der Waals surface area contributed by atoms with Crippen molar-refractivity contribution in [3.05, 3.63) is 93.0 Å². The Morgan fingerprint density at radius 1 is 1.02 bits per heavy atom. The number of piperazine rings is 1. The first-order valence-corrected chi connectivity index (χ1v) is 14.2. The second-order valence-corrected chi connectivity index (χ2v) is 11.1. The van der Waals surface area contributed by atoms with Gasteiger partial charge in [0, 0.05) is 57.7 Å². The first-order chi connectivity index (χ1) is 20.7. The molecule has 14 heteroatoms. The number of nitrogens with zero attached hydrogens (tertiary/aromatic N) is 2. The first-order valence-electron chi connectivity index (χ1n) is 14.2. The summed E-state index contributed by atoms with van der Waals surface area (Å²) >= 11 is 0. The Morgan fingerprint density at radius 2 is 1.66 bits per heavy atom. The molecule has 3 heterocycles. The minimum atomic E-state index is -5.02. The van der Waals surface area contributed by atoms with Crippen molar-refractivity contribution in [2.24, 2.45) is 0 Å². The van der Waals surface area contributed by atoms with E-state index in [2.05, 4.69) is 10.6 Å². The number of aryl methyl sites for hydroxylation is 1. The van der Waals surface area contributed by atoms with Crippen LogP contribution in [0, 0.1) is 12.1 Å². The zero-order valence-corrected chi connectivity index (χ0v) is 24.1. The van der Waals surface area contributed by atoms with Crippen LogP contribution in [0.15, 0.2) is 60.0 Å². The Hall–Kier alpha value is -3.59. The Labute approximate surface area is 250 Å². The van der Waals surface area contributed by atoms with Crippen molar-refractivity contribution in [1.29, 1.82) is 0 Å². The molecular formula is C30H33F6N5O3. The normalized spacial score (nSPS) is 24.8. The summed E-state index contributed by atoms with van der Waals surface area (Å²) in [5.41, 5.74) is -1.15. The number of amides is 1. The number of quaternary nitrogens is 1. The molecule has 44 heavy (non-hydrogen) atoms. The second kappa shape index (κ2) is 12.4. The molecule has 3 N–H and O–H groups in total. The van der Waals surface area contributed by atoms with Gasteiger partial charge in [-0.1, -0.05) is 18.2 Å². The van der Waals surface area contributed by atoms with E-state index < -0.39 is 47.2 Å². The summed E-state index contributed by atoms with van der Waals surface area (Å²) in [6.07, 6.45) is -9.52. The topological polar surface area (TPSA) is 84.3 Å². The van der Waals surface area contributed by atoms with Gasteiger partial charge in [-0.25, -0.2) is 0 Å². The highest BCUT2D eigenvalue weighted by atomic mass is 19.4. The standard InChI is InChI=1S/C30H33F6N5O3/c1-18-5-3-4-6-23(18)26-15-27(40-9-7-39(8-10-40)19(2)42)44-28-24(16-37-17-38-28)25(41(26)43)13-20-11-21(29(31,32)33)14-22(12-20)30(34,35)36/h3-6,11-12,14-15,25,27,37-38,41H,7-10,13,16-17H2,1-2H3/b26-15-. The molecule has 3 unspecified atom stereocenters. The maximum atomic E-state index is 14.5. The Kier molecular flexibility index (Phi) is 8.99. The molecular weight excluding hydrogens is 592 g/mol. The van der Waals surface area contributed by atoms with Gasteiger partial charge in [0.2, 0.25) is 5.91 Å². The van der Waals surface area contributed by atoms with Crippen molar-refractivity contribution >= 4 is 11.6 Å². The Bertz CT molecular complexity index is 1420. The number of hydroxylamine groups is 2.